The standard InChI is InChI=1S/C21H37N.BrH/c1-4-5-6-7-8-9-10-11-12-16-19-22-21(2,3)20-17-14-13-15-18-20;/h13-15,17-18,22H,4-12,16,19H2,1-3H3;1H. The number of quaternary nitrogens is 1. The molecule has 0 aliphatic carbocycles. The van der Waals surface area contributed by atoms with E-state index in [2.05, 4.69) is 56.4 Å². The molecule has 0 atom stereocenters. The molecule has 0 saturated heterocycles. The molecule has 0 aliphatic rings. The van der Waals surface area contributed by atoms with E-state index < -0.39 is 0 Å². The van der Waals surface area contributed by atoms with Gasteiger partial charge >= 0.3 is 0 Å². The average molecular weight is 384 g/mol. The predicted molar refractivity (Wildman–Crippen MR) is 98.1 cm³/mol. The van der Waals surface area contributed by atoms with Gasteiger partial charge in [0.15, 0.2) is 0 Å². The average Bonchev–Trinajstić information content (AvgIpc) is 2.53. The highest BCUT2D eigenvalue weighted by Crippen LogP contribution is 2.14. The van der Waals surface area contributed by atoms with Crippen molar-refractivity contribution in [1.82, 2.24) is 0 Å². The van der Waals surface area contributed by atoms with E-state index in [1.807, 2.05) is 0 Å². The zero-order chi connectivity index (χ0) is 16.1. The van der Waals surface area contributed by atoms with Crippen LogP contribution in [0, 0.1) is 0 Å². The zero-order valence-electron chi connectivity index (χ0n) is 15.6. The van der Waals surface area contributed by atoms with Gasteiger partial charge in [0.2, 0.25) is 0 Å². The van der Waals surface area contributed by atoms with Gasteiger partial charge in [0.25, 0.3) is 0 Å². The molecule has 0 saturated carbocycles. The minimum Gasteiger partial charge on any atom is -1.00 e. The molecule has 2 N–H and O–H groups in total. The largest absolute Gasteiger partial charge is 1.00 e. The molecule has 1 aromatic rings. The van der Waals surface area contributed by atoms with Crippen molar-refractivity contribution < 1.29 is 22.3 Å². The topological polar surface area (TPSA) is 16.6 Å². The van der Waals surface area contributed by atoms with E-state index in [0.717, 1.165) is 0 Å². The van der Waals surface area contributed by atoms with Gasteiger partial charge in [-0.3, -0.25) is 0 Å². The Morgan fingerprint density at radius 2 is 1.22 bits per heavy atom. The van der Waals surface area contributed by atoms with Crippen molar-refractivity contribution in [2.45, 2.75) is 90.5 Å². The fourth-order valence-electron chi connectivity index (χ4n) is 3.08. The Labute approximate surface area is 155 Å². The first-order valence-corrected chi connectivity index (χ1v) is 9.56. The second kappa shape index (κ2) is 14.0. The van der Waals surface area contributed by atoms with Crippen molar-refractivity contribution in [2.75, 3.05) is 6.54 Å². The van der Waals surface area contributed by atoms with Crippen LogP contribution in [0.4, 0.5) is 0 Å². The molecule has 0 spiro atoms. The van der Waals surface area contributed by atoms with Crippen molar-refractivity contribution >= 4 is 0 Å². The summed E-state index contributed by atoms with van der Waals surface area (Å²) >= 11 is 0. The Hall–Kier alpha value is -0.340. The highest BCUT2D eigenvalue weighted by atomic mass is 79.9. The van der Waals surface area contributed by atoms with E-state index in [0.29, 0.717) is 0 Å². The van der Waals surface area contributed by atoms with Crippen LogP contribution in [0.25, 0.3) is 0 Å². The maximum Gasteiger partial charge on any atom is 0.116 e. The van der Waals surface area contributed by atoms with Crippen molar-refractivity contribution in [3.05, 3.63) is 35.9 Å². The minimum atomic E-state index is 0. The van der Waals surface area contributed by atoms with E-state index in [4.69, 9.17) is 0 Å². The monoisotopic (exact) mass is 383 g/mol. The highest BCUT2D eigenvalue weighted by Gasteiger charge is 2.22. The summed E-state index contributed by atoms with van der Waals surface area (Å²) in [4.78, 5) is 0. The van der Waals surface area contributed by atoms with Gasteiger partial charge in [-0.1, -0.05) is 88.6 Å². The number of hydrogen-bond acceptors (Lipinski definition) is 0. The van der Waals surface area contributed by atoms with E-state index in [-0.39, 0.29) is 22.5 Å². The Bertz CT molecular complexity index is 361. The van der Waals surface area contributed by atoms with Crippen LogP contribution in [0.15, 0.2) is 30.3 Å². The van der Waals surface area contributed by atoms with Crippen LogP contribution in [0.5, 0.6) is 0 Å². The van der Waals surface area contributed by atoms with Crippen LogP contribution < -0.4 is 22.3 Å². The molecule has 0 unspecified atom stereocenters. The summed E-state index contributed by atoms with van der Waals surface area (Å²) in [6.45, 7) is 8.20. The van der Waals surface area contributed by atoms with Gasteiger partial charge < -0.3 is 22.3 Å². The van der Waals surface area contributed by atoms with Crippen molar-refractivity contribution in [2.24, 2.45) is 0 Å². The number of unbranched alkanes of at least 4 members (excludes halogenated alkanes) is 9. The molecule has 1 aromatic carbocycles. The normalized spacial score (nSPS) is 11.3. The lowest BCUT2D eigenvalue weighted by molar-refractivity contribution is -0.729. The highest BCUT2D eigenvalue weighted by molar-refractivity contribution is 5.19. The lowest BCUT2D eigenvalue weighted by Crippen LogP contribution is -3.00. The second-order valence-electron chi connectivity index (χ2n) is 7.26. The van der Waals surface area contributed by atoms with E-state index in [1.165, 1.54) is 76.3 Å². The Kier molecular flexibility index (Phi) is 13.8. The molecular formula is C21H38BrN. The van der Waals surface area contributed by atoms with Crippen LogP contribution in [0.1, 0.15) is 90.5 Å². The summed E-state index contributed by atoms with van der Waals surface area (Å²) in [5.41, 5.74) is 1.64. The fourth-order valence-corrected chi connectivity index (χ4v) is 3.08. The third-order valence-electron chi connectivity index (χ3n) is 4.73. The number of benzene rings is 1. The quantitative estimate of drug-likeness (QED) is 0.503. The molecule has 2 heteroatoms. The van der Waals surface area contributed by atoms with E-state index in [9.17, 15) is 0 Å². The van der Waals surface area contributed by atoms with Crippen LogP contribution >= 0.6 is 0 Å². The molecule has 134 valence electrons. The summed E-state index contributed by atoms with van der Waals surface area (Å²) in [5.74, 6) is 0. The third-order valence-corrected chi connectivity index (χ3v) is 4.73. The van der Waals surface area contributed by atoms with Gasteiger partial charge in [0.1, 0.15) is 5.54 Å². The molecule has 0 bridgehead atoms. The summed E-state index contributed by atoms with van der Waals surface area (Å²) in [7, 11) is 0. The van der Waals surface area contributed by atoms with Gasteiger partial charge in [-0.2, -0.15) is 0 Å². The smallest absolute Gasteiger partial charge is 0.116 e. The number of nitrogens with two attached hydrogens (primary N) is 1. The fraction of sp³-hybridized carbons (Fsp3) is 0.714. The molecule has 0 radical (unpaired) electrons. The molecule has 0 fully saturated rings. The first-order valence-electron chi connectivity index (χ1n) is 9.56. The van der Waals surface area contributed by atoms with Crippen LogP contribution in [0.3, 0.4) is 0 Å². The molecule has 0 heterocycles. The number of halogens is 1. The Balaban J connectivity index is 0.00000484. The maximum atomic E-state index is 2.51. The molecular weight excluding hydrogens is 346 g/mol. The third kappa shape index (κ3) is 10.9. The van der Waals surface area contributed by atoms with E-state index >= 15 is 0 Å². The summed E-state index contributed by atoms with van der Waals surface area (Å²) < 4.78 is 0. The molecule has 0 aliphatic heterocycles. The first-order chi connectivity index (χ1) is 10.7. The molecule has 1 rings (SSSR count). The molecule has 0 amide bonds. The van der Waals surface area contributed by atoms with Crippen LogP contribution in [0.2, 0.25) is 0 Å². The molecule has 1 nitrogen and oxygen atoms in total. The molecule has 23 heavy (non-hydrogen) atoms. The summed E-state index contributed by atoms with van der Waals surface area (Å²) in [6, 6.07) is 10.9. The van der Waals surface area contributed by atoms with Gasteiger partial charge in [0, 0.05) is 5.56 Å². The van der Waals surface area contributed by atoms with Crippen molar-refractivity contribution in [3.63, 3.8) is 0 Å². The maximum absolute atomic E-state index is 2.51. The van der Waals surface area contributed by atoms with Crippen molar-refractivity contribution in [3.8, 4) is 0 Å². The van der Waals surface area contributed by atoms with Gasteiger partial charge in [-0.15, -0.1) is 0 Å². The summed E-state index contributed by atoms with van der Waals surface area (Å²) in [5, 5.41) is 2.51. The number of rotatable bonds is 13. The second-order valence-corrected chi connectivity index (χ2v) is 7.26. The van der Waals surface area contributed by atoms with Crippen LogP contribution in [-0.4, -0.2) is 6.54 Å². The lowest BCUT2D eigenvalue weighted by atomic mass is 9.94. The Morgan fingerprint density at radius 1 is 0.739 bits per heavy atom. The lowest BCUT2D eigenvalue weighted by Gasteiger charge is -2.23. The predicted octanol–water partition coefficient (Wildman–Crippen LogP) is 2.41. The van der Waals surface area contributed by atoms with E-state index in [1.54, 1.807) is 0 Å². The van der Waals surface area contributed by atoms with Gasteiger partial charge in [-0.05, 0) is 26.7 Å². The minimum absolute atomic E-state index is 0. The first kappa shape index (κ1) is 22.7. The summed E-state index contributed by atoms with van der Waals surface area (Å²) in [6.07, 6.45) is 14.2. The van der Waals surface area contributed by atoms with Gasteiger partial charge in [-0.25, -0.2) is 0 Å². The SMILES string of the molecule is CCCCCCCCCCCC[NH2+]C(C)(C)c1ccccc1.[Br-]. The van der Waals surface area contributed by atoms with Gasteiger partial charge in [0.05, 0.1) is 6.54 Å². The molecule has 0 aromatic heterocycles. The zero-order valence-corrected chi connectivity index (χ0v) is 17.2. The Morgan fingerprint density at radius 3 is 1.74 bits per heavy atom. The van der Waals surface area contributed by atoms with Crippen molar-refractivity contribution in [1.29, 1.82) is 0 Å². The van der Waals surface area contributed by atoms with Crippen LogP contribution in [-0.2, 0) is 5.54 Å². The number of hydrogen-bond donors (Lipinski definition) is 1.